The van der Waals surface area contributed by atoms with E-state index in [1.165, 1.54) is 10.5 Å². The minimum absolute atomic E-state index is 0.0346. The SMILES string of the molecule is CC[C@@H](C(=O)NC)N(Cc1ccc(Cl)c(Cl)c1)C(=O)COc1ccc(C(C)(C)C)cc1. The number of hydrogen-bond donors (Lipinski definition) is 1. The zero-order chi connectivity index (χ0) is 23.2. The first-order chi connectivity index (χ1) is 14.6. The summed E-state index contributed by atoms with van der Waals surface area (Å²) in [5, 5.41) is 3.46. The van der Waals surface area contributed by atoms with Gasteiger partial charge in [0.15, 0.2) is 6.61 Å². The van der Waals surface area contributed by atoms with Crippen LogP contribution in [0.15, 0.2) is 42.5 Å². The summed E-state index contributed by atoms with van der Waals surface area (Å²) in [6.07, 6.45) is 0.465. The normalized spacial score (nSPS) is 12.2. The second kappa shape index (κ2) is 10.9. The molecule has 2 amide bonds. The van der Waals surface area contributed by atoms with E-state index in [-0.39, 0.29) is 30.4 Å². The highest BCUT2D eigenvalue weighted by atomic mass is 35.5. The summed E-state index contributed by atoms with van der Waals surface area (Å²) in [7, 11) is 1.56. The first-order valence-electron chi connectivity index (χ1n) is 10.2. The Morgan fingerprint density at radius 2 is 1.71 bits per heavy atom. The van der Waals surface area contributed by atoms with Crippen molar-refractivity contribution in [3.05, 3.63) is 63.6 Å². The molecule has 31 heavy (non-hydrogen) atoms. The largest absolute Gasteiger partial charge is 0.484 e. The van der Waals surface area contributed by atoms with Crippen LogP contribution in [0.4, 0.5) is 0 Å². The maximum Gasteiger partial charge on any atom is 0.261 e. The van der Waals surface area contributed by atoms with Crippen molar-refractivity contribution in [2.45, 2.75) is 52.1 Å². The van der Waals surface area contributed by atoms with E-state index in [4.69, 9.17) is 27.9 Å². The quantitative estimate of drug-likeness (QED) is 0.582. The summed E-state index contributed by atoms with van der Waals surface area (Å²) in [4.78, 5) is 27.0. The van der Waals surface area contributed by atoms with E-state index < -0.39 is 6.04 Å². The third-order valence-corrected chi connectivity index (χ3v) is 5.79. The van der Waals surface area contributed by atoms with Crippen LogP contribution in [0.2, 0.25) is 10.0 Å². The second-order valence-corrected chi connectivity index (χ2v) is 9.19. The van der Waals surface area contributed by atoms with Crippen molar-refractivity contribution in [3.63, 3.8) is 0 Å². The fourth-order valence-electron chi connectivity index (χ4n) is 3.20. The number of carbonyl (C=O) groups is 2. The molecule has 0 unspecified atom stereocenters. The Balaban J connectivity index is 2.18. The molecular formula is C24H30Cl2N2O3. The molecule has 0 radical (unpaired) electrons. The zero-order valence-corrected chi connectivity index (χ0v) is 20.2. The maximum absolute atomic E-state index is 13.1. The second-order valence-electron chi connectivity index (χ2n) is 8.37. The van der Waals surface area contributed by atoms with Crippen LogP contribution in [0.3, 0.4) is 0 Å². The van der Waals surface area contributed by atoms with Crippen molar-refractivity contribution in [2.75, 3.05) is 13.7 Å². The van der Waals surface area contributed by atoms with Crippen LogP contribution in [0.1, 0.15) is 45.2 Å². The highest BCUT2D eigenvalue weighted by molar-refractivity contribution is 6.42. The molecule has 5 nitrogen and oxygen atoms in total. The molecule has 168 valence electrons. The lowest BCUT2D eigenvalue weighted by atomic mass is 9.87. The predicted molar refractivity (Wildman–Crippen MR) is 126 cm³/mol. The molecule has 0 fully saturated rings. The average Bonchev–Trinajstić information content (AvgIpc) is 2.73. The lowest BCUT2D eigenvalue weighted by Gasteiger charge is -2.30. The number of amides is 2. The number of rotatable bonds is 8. The van der Waals surface area contributed by atoms with Gasteiger partial charge in [0.25, 0.3) is 5.91 Å². The molecule has 0 aliphatic heterocycles. The fraction of sp³-hybridized carbons (Fsp3) is 0.417. The van der Waals surface area contributed by atoms with Crippen molar-refractivity contribution in [3.8, 4) is 5.75 Å². The Bertz CT molecular complexity index is 908. The zero-order valence-electron chi connectivity index (χ0n) is 18.7. The molecular weight excluding hydrogens is 435 g/mol. The van der Waals surface area contributed by atoms with Gasteiger partial charge in [0, 0.05) is 13.6 Å². The topological polar surface area (TPSA) is 58.6 Å². The van der Waals surface area contributed by atoms with Gasteiger partial charge in [0.2, 0.25) is 5.91 Å². The van der Waals surface area contributed by atoms with Gasteiger partial charge in [-0.05, 0) is 47.2 Å². The molecule has 1 N–H and O–H groups in total. The Labute approximate surface area is 194 Å². The van der Waals surface area contributed by atoms with Crippen LogP contribution in [0.25, 0.3) is 0 Å². The van der Waals surface area contributed by atoms with Crippen LogP contribution in [0.5, 0.6) is 5.75 Å². The third kappa shape index (κ3) is 6.88. The molecule has 2 aromatic carbocycles. The number of carbonyl (C=O) groups excluding carboxylic acids is 2. The maximum atomic E-state index is 13.1. The fourth-order valence-corrected chi connectivity index (χ4v) is 3.52. The summed E-state index contributed by atoms with van der Waals surface area (Å²) >= 11 is 12.1. The van der Waals surface area contributed by atoms with E-state index in [1.807, 2.05) is 31.2 Å². The van der Waals surface area contributed by atoms with Gasteiger partial charge >= 0.3 is 0 Å². The predicted octanol–water partition coefficient (Wildman–Crippen LogP) is 5.22. The average molecular weight is 465 g/mol. The Hall–Kier alpha value is -2.24. The van der Waals surface area contributed by atoms with Crippen molar-refractivity contribution < 1.29 is 14.3 Å². The lowest BCUT2D eigenvalue weighted by molar-refractivity contribution is -0.142. The van der Waals surface area contributed by atoms with Crippen molar-refractivity contribution >= 4 is 35.0 Å². The van der Waals surface area contributed by atoms with Crippen LogP contribution in [0, 0.1) is 0 Å². The number of ether oxygens (including phenoxy) is 1. The molecule has 2 aromatic rings. The first-order valence-corrected chi connectivity index (χ1v) is 11.0. The number of likely N-dealkylation sites (N-methyl/N-ethyl adjacent to an activating group) is 1. The minimum Gasteiger partial charge on any atom is -0.484 e. The summed E-state index contributed by atoms with van der Waals surface area (Å²) in [6, 6.07) is 12.2. The van der Waals surface area contributed by atoms with E-state index in [0.717, 1.165) is 5.56 Å². The number of nitrogens with one attached hydrogen (secondary N) is 1. The summed E-state index contributed by atoms with van der Waals surface area (Å²) < 4.78 is 5.73. The third-order valence-electron chi connectivity index (χ3n) is 5.05. The first kappa shape index (κ1) is 25.0. The summed E-state index contributed by atoms with van der Waals surface area (Å²) in [5.74, 6) is 0.0793. The van der Waals surface area contributed by atoms with Gasteiger partial charge in [-0.3, -0.25) is 9.59 Å². The smallest absolute Gasteiger partial charge is 0.261 e. The van der Waals surface area contributed by atoms with E-state index >= 15 is 0 Å². The molecule has 0 aliphatic rings. The van der Waals surface area contributed by atoms with Gasteiger partial charge in [-0.2, -0.15) is 0 Å². The highest BCUT2D eigenvalue weighted by Gasteiger charge is 2.28. The monoisotopic (exact) mass is 464 g/mol. The van der Waals surface area contributed by atoms with E-state index in [9.17, 15) is 9.59 Å². The molecule has 0 aromatic heterocycles. The van der Waals surface area contributed by atoms with Gasteiger partial charge in [-0.25, -0.2) is 0 Å². The molecule has 0 bridgehead atoms. The summed E-state index contributed by atoms with van der Waals surface area (Å²) in [6.45, 7) is 8.31. The van der Waals surface area contributed by atoms with Crippen molar-refractivity contribution in [1.29, 1.82) is 0 Å². The van der Waals surface area contributed by atoms with Crippen LogP contribution in [-0.2, 0) is 21.5 Å². The van der Waals surface area contributed by atoms with Crippen LogP contribution in [-0.4, -0.2) is 36.4 Å². The number of nitrogens with zero attached hydrogens (tertiary/aromatic N) is 1. The van der Waals surface area contributed by atoms with Gasteiger partial charge in [0.05, 0.1) is 10.0 Å². The number of hydrogen-bond acceptors (Lipinski definition) is 3. The van der Waals surface area contributed by atoms with Crippen molar-refractivity contribution in [2.24, 2.45) is 0 Å². The Morgan fingerprint density at radius 1 is 1.06 bits per heavy atom. The van der Waals surface area contributed by atoms with Crippen LogP contribution < -0.4 is 10.1 Å². The van der Waals surface area contributed by atoms with Crippen LogP contribution >= 0.6 is 23.2 Å². The molecule has 2 rings (SSSR count). The molecule has 1 atom stereocenters. The number of halogens is 2. The standard InChI is InChI=1S/C24H30Cl2N2O3/c1-6-21(23(30)27-5)28(14-16-7-12-19(25)20(26)13-16)22(29)15-31-18-10-8-17(9-11-18)24(2,3)4/h7-13,21H,6,14-15H2,1-5H3,(H,27,30)/t21-/m0/s1. The van der Waals surface area contributed by atoms with E-state index in [0.29, 0.717) is 22.2 Å². The summed E-state index contributed by atoms with van der Waals surface area (Å²) in [5.41, 5.74) is 1.99. The van der Waals surface area contributed by atoms with Gasteiger partial charge in [0.1, 0.15) is 11.8 Å². The Kier molecular flexibility index (Phi) is 8.78. The van der Waals surface area contributed by atoms with Gasteiger partial charge < -0.3 is 15.0 Å². The lowest BCUT2D eigenvalue weighted by Crippen LogP contribution is -2.49. The van der Waals surface area contributed by atoms with Crippen molar-refractivity contribution in [1.82, 2.24) is 10.2 Å². The molecule has 0 aliphatic carbocycles. The highest BCUT2D eigenvalue weighted by Crippen LogP contribution is 2.25. The van der Waals surface area contributed by atoms with E-state index in [2.05, 4.69) is 26.1 Å². The molecule has 0 saturated carbocycles. The molecule has 0 saturated heterocycles. The van der Waals surface area contributed by atoms with Gasteiger partial charge in [-0.1, -0.05) is 69.1 Å². The molecule has 0 spiro atoms. The van der Waals surface area contributed by atoms with Gasteiger partial charge in [-0.15, -0.1) is 0 Å². The number of benzene rings is 2. The molecule has 7 heteroatoms. The Morgan fingerprint density at radius 3 is 2.23 bits per heavy atom. The molecule has 0 heterocycles. The minimum atomic E-state index is -0.626. The van der Waals surface area contributed by atoms with E-state index in [1.54, 1.807) is 25.2 Å².